The Morgan fingerprint density at radius 3 is 2.50 bits per heavy atom. The molecule has 5 heteroatoms. The van der Waals surface area contributed by atoms with Crippen LogP contribution in [0.1, 0.15) is 17.2 Å². The molecule has 0 amide bonds. The quantitative estimate of drug-likeness (QED) is 0.879. The Labute approximate surface area is 98.0 Å². The van der Waals surface area contributed by atoms with Crippen LogP contribution in [0.5, 0.6) is 0 Å². The first kappa shape index (κ1) is 11.7. The van der Waals surface area contributed by atoms with Gasteiger partial charge in [-0.2, -0.15) is 0 Å². The first-order valence-electron chi connectivity index (χ1n) is 3.80. The van der Waals surface area contributed by atoms with Crippen LogP contribution in [0.4, 0.5) is 0 Å². The smallest absolute Gasteiger partial charge is 0.337 e. The van der Waals surface area contributed by atoms with Gasteiger partial charge in [0.1, 0.15) is 0 Å². The molecular weight excluding hydrogens is 316 g/mol. The second-order valence-corrected chi connectivity index (χ2v) is 4.61. The van der Waals surface area contributed by atoms with Gasteiger partial charge >= 0.3 is 5.97 Å². The summed E-state index contributed by atoms with van der Waals surface area (Å²) < 4.78 is 1.49. The zero-order chi connectivity index (χ0) is 10.9. The van der Waals surface area contributed by atoms with Crippen molar-refractivity contribution in [3.05, 3.63) is 32.2 Å². The molecule has 1 atom stereocenters. The maximum absolute atomic E-state index is 10.6. The molecule has 2 N–H and O–H groups in total. The van der Waals surface area contributed by atoms with Crippen molar-refractivity contribution in [2.75, 3.05) is 0 Å². The molecule has 1 aromatic rings. The van der Waals surface area contributed by atoms with Crippen molar-refractivity contribution >= 4 is 37.8 Å². The van der Waals surface area contributed by atoms with E-state index in [0.717, 1.165) is 14.5 Å². The summed E-state index contributed by atoms with van der Waals surface area (Å²) in [5, 5.41) is 18.0. The third kappa shape index (κ3) is 2.34. The zero-order valence-electron chi connectivity index (χ0n) is 7.29. The minimum absolute atomic E-state index is 0.388. The molecule has 0 fully saturated rings. The number of carbonyl (C=O) groups is 1. The summed E-state index contributed by atoms with van der Waals surface area (Å²) in [4.78, 5) is 10.6. The lowest BCUT2D eigenvalue weighted by molar-refractivity contribution is -0.147. The number of carboxylic acids is 1. The van der Waals surface area contributed by atoms with Crippen LogP contribution in [0, 0.1) is 6.92 Å². The second-order valence-electron chi connectivity index (χ2n) is 2.84. The van der Waals surface area contributed by atoms with E-state index in [1.165, 1.54) is 0 Å². The number of aliphatic carboxylic acids is 1. The SMILES string of the molecule is Cc1c(Br)cc(Br)cc1C(O)C(=O)O. The second kappa shape index (κ2) is 4.42. The molecule has 76 valence electrons. The number of halogens is 2. The van der Waals surface area contributed by atoms with E-state index in [-0.39, 0.29) is 0 Å². The predicted octanol–water partition coefficient (Wildman–Crippen LogP) is 2.64. The van der Waals surface area contributed by atoms with Gasteiger partial charge in [0.05, 0.1) is 0 Å². The van der Waals surface area contributed by atoms with Crippen molar-refractivity contribution < 1.29 is 15.0 Å². The summed E-state index contributed by atoms with van der Waals surface area (Å²) in [6.45, 7) is 1.75. The van der Waals surface area contributed by atoms with Crippen molar-refractivity contribution in [3.63, 3.8) is 0 Å². The Morgan fingerprint density at radius 1 is 1.43 bits per heavy atom. The summed E-state index contributed by atoms with van der Waals surface area (Å²) in [5.74, 6) is -1.25. The topological polar surface area (TPSA) is 57.5 Å². The van der Waals surface area contributed by atoms with Gasteiger partial charge in [-0.25, -0.2) is 4.79 Å². The highest BCUT2D eigenvalue weighted by atomic mass is 79.9. The summed E-state index contributed by atoms with van der Waals surface area (Å²) in [6, 6.07) is 3.40. The van der Waals surface area contributed by atoms with Crippen molar-refractivity contribution in [2.45, 2.75) is 13.0 Å². The maximum atomic E-state index is 10.6. The van der Waals surface area contributed by atoms with Gasteiger partial charge in [-0.3, -0.25) is 0 Å². The van der Waals surface area contributed by atoms with E-state index in [2.05, 4.69) is 31.9 Å². The molecule has 0 saturated heterocycles. The number of hydrogen-bond acceptors (Lipinski definition) is 2. The standard InChI is InChI=1S/C9H8Br2O3/c1-4-6(8(12)9(13)14)2-5(10)3-7(4)11/h2-3,8,12H,1H3,(H,13,14). The fraction of sp³-hybridized carbons (Fsp3) is 0.222. The largest absolute Gasteiger partial charge is 0.479 e. The third-order valence-corrected chi connectivity index (χ3v) is 3.16. The lowest BCUT2D eigenvalue weighted by atomic mass is 10.0. The minimum Gasteiger partial charge on any atom is -0.479 e. The van der Waals surface area contributed by atoms with E-state index in [0.29, 0.717) is 5.56 Å². The van der Waals surface area contributed by atoms with Crippen LogP contribution in [0.25, 0.3) is 0 Å². The summed E-state index contributed by atoms with van der Waals surface area (Å²) in [5.41, 5.74) is 1.11. The number of aliphatic hydroxyl groups excluding tert-OH is 1. The van der Waals surface area contributed by atoms with Crippen molar-refractivity contribution in [1.82, 2.24) is 0 Å². The molecule has 1 aromatic carbocycles. The molecule has 0 aromatic heterocycles. The predicted molar refractivity (Wildman–Crippen MR) is 59.2 cm³/mol. The molecule has 0 aliphatic rings. The van der Waals surface area contributed by atoms with Crippen molar-refractivity contribution in [2.24, 2.45) is 0 Å². The minimum atomic E-state index is -1.48. The summed E-state index contributed by atoms with van der Waals surface area (Å²) in [7, 11) is 0. The fourth-order valence-electron chi connectivity index (χ4n) is 1.08. The van der Waals surface area contributed by atoms with Crippen LogP contribution in [-0.2, 0) is 4.79 Å². The molecule has 1 unspecified atom stereocenters. The molecule has 14 heavy (non-hydrogen) atoms. The zero-order valence-corrected chi connectivity index (χ0v) is 10.5. The number of rotatable bonds is 2. The molecule has 0 saturated carbocycles. The summed E-state index contributed by atoms with van der Waals surface area (Å²) >= 11 is 6.51. The van der Waals surface area contributed by atoms with Crippen LogP contribution in [-0.4, -0.2) is 16.2 Å². The lowest BCUT2D eigenvalue weighted by Crippen LogP contribution is -2.12. The van der Waals surface area contributed by atoms with Gasteiger partial charge in [-0.05, 0) is 30.2 Å². The van der Waals surface area contributed by atoms with Crippen molar-refractivity contribution in [1.29, 1.82) is 0 Å². The molecule has 3 nitrogen and oxygen atoms in total. The highest BCUT2D eigenvalue weighted by molar-refractivity contribution is 9.11. The van der Waals surface area contributed by atoms with Gasteiger partial charge < -0.3 is 10.2 Å². The fourth-order valence-corrected chi connectivity index (χ4v) is 2.34. The Hall–Kier alpha value is -0.390. The Balaban J connectivity index is 3.26. The van der Waals surface area contributed by atoms with E-state index in [1.54, 1.807) is 19.1 Å². The van der Waals surface area contributed by atoms with Gasteiger partial charge in [0.2, 0.25) is 0 Å². The number of aliphatic hydroxyl groups is 1. The van der Waals surface area contributed by atoms with Gasteiger partial charge in [0, 0.05) is 8.95 Å². The van der Waals surface area contributed by atoms with Crippen LogP contribution < -0.4 is 0 Å². The molecule has 0 radical (unpaired) electrons. The Bertz CT molecular complexity index is 377. The molecule has 0 heterocycles. The Kier molecular flexibility index (Phi) is 3.69. The monoisotopic (exact) mass is 322 g/mol. The summed E-state index contributed by atoms with van der Waals surface area (Å²) in [6.07, 6.45) is -1.48. The first-order chi connectivity index (χ1) is 6.43. The van der Waals surface area contributed by atoms with Gasteiger partial charge in [0.15, 0.2) is 6.10 Å². The first-order valence-corrected chi connectivity index (χ1v) is 5.38. The van der Waals surface area contributed by atoms with E-state index in [1.807, 2.05) is 0 Å². The highest BCUT2D eigenvalue weighted by Crippen LogP contribution is 2.29. The average Bonchev–Trinajstić information content (AvgIpc) is 2.09. The molecule has 0 bridgehead atoms. The van der Waals surface area contributed by atoms with E-state index >= 15 is 0 Å². The van der Waals surface area contributed by atoms with E-state index in [4.69, 9.17) is 5.11 Å². The number of carboxylic acid groups (broad SMARTS) is 1. The number of benzene rings is 1. The molecule has 0 spiro atoms. The van der Waals surface area contributed by atoms with Crippen molar-refractivity contribution in [3.8, 4) is 0 Å². The van der Waals surface area contributed by atoms with Gasteiger partial charge in [0.25, 0.3) is 0 Å². The average molecular weight is 324 g/mol. The number of hydrogen-bond donors (Lipinski definition) is 2. The highest BCUT2D eigenvalue weighted by Gasteiger charge is 2.19. The molecule has 0 aliphatic heterocycles. The van der Waals surface area contributed by atoms with Gasteiger partial charge in [-0.15, -0.1) is 0 Å². The van der Waals surface area contributed by atoms with Crippen LogP contribution in [0.15, 0.2) is 21.1 Å². The molecule has 0 aliphatic carbocycles. The van der Waals surface area contributed by atoms with Crippen LogP contribution >= 0.6 is 31.9 Å². The van der Waals surface area contributed by atoms with Gasteiger partial charge in [-0.1, -0.05) is 31.9 Å². The molecular formula is C9H8Br2O3. The van der Waals surface area contributed by atoms with Crippen LogP contribution in [0.2, 0.25) is 0 Å². The Morgan fingerprint density at radius 2 is 2.00 bits per heavy atom. The third-order valence-electron chi connectivity index (χ3n) is 1.88. The lowest BCUT2D eigenvalue weighted by Gasteiger charge is -2.11. The molecule has 1 rings (SSSR count). The van der Waals surface area contributed by atoms with E-state index in [9.17, 15) is 9.90 Å². The van der Waals surface area contributed by atoms with E-state index < -0.39 is 12.1 Å². The normalized spacial score (nSPS) is 12.6. The maximum Gasteiger partial charge on any atom is 0.337 e. The van der Waals surface area contributed by atoms with Crippen LogP contribution in [0.3, 0.4) is 0 Å².